The second kappa shape index (κ2) is 5.89. The van der Waals surface area contributed by atoms with Crippen molar-refractivity contribution in [3.63, 3.8) is 0 Å². The van der Waals surface area contributed by atoms with Crippen molar-refractivity contribution in [1.29, 1.82) is 0 Å². The second-order valence-electron chi connectivity index (χ2n) is 5.18. The van der Waals surface area contributed by atoms with Crippen LogP contribution in [-0.4, -0.2) is 25.6 Å². The monoisotopic (exact) mass is 245 g/mol. The van der Waals surface area contributed by atoms with Crippen LogP contribution in [0.4, 0.5) is 0 Å². The van der Waals surface area contributed by atoms with Gasteiger partial charge in [-0.25, -0.2) is 0 Å². The summed E-state index contributed by atoms with van der Waals surface area (Å²) in [7, 11) is 1.83. The maximum atomic E-state index is 4.24. The molecule has 1 atom stereocenters. The van der Waals surface area contributed by atoms with Crippen LogP contribution >= 0.6 is 0 Å². The topological polar surface area (TPSA) is 36.4 Å². The van der Waals surface area contributed by atoms with E-state index >= 15 is 0 Å². The minimum Gasteiger partial charge on any atom is -0.356 e. The van der Waals surface area contributed by atoms with Gasteiger partial charge in [0.2, 0.25) is 0 Å². The Balaban J connectivity index is 1.82. The Morgan fingerprint density at radius 2 is 2.00 bits per heavy atom. The maximum Gasteiger partial charge on any atom is 0.191 e. The predicted molar refractivity (Wildman–Crippen MR) is 77.1 cm³/mol. The fourth-order valence-electron chi connectivity index (χ4n) is 1.88. The summed E-state index contributed by atoms with van der Waals surface area (Å²) in [6, 6.07) is 9.40. The molecular weight excluding hydrogens is 222 g/mol. The average molecular weight is 245 g/mol. The molecule has 1 aromatic rings. The summed E-state index contributed by atoms with van der Waals surface area (Å²) in [6.07, 6.45) is 2.54. The molecule has 1 aliphatic rings. The number of rotatable bonds is 4. The Bertz CT molecular complexity index is 404. The van der Waals surface area contributed by atoms with Crippen molar-refractivity contribution in [3.05, 3.63) is 35.4 Å². The lowest BCUT2D eigenvalue weighted by atomic mass is 10.0. The third-order valence-electron chi connectivity index (χ3n) is 3.36. The van der Waals surface area contributed by atoms with Gasteiger partial charge < -0.3 is 10.6 Å². The molecule has 0 saturated heterocycles. The normalized spacial score (nSPS) is 17.4. The van der Waals surface area contributed by atoms with Crippen LogP contribution in [0.15, 0.2) is 29.3 Å². The summed E-state index contributed by atoms with van der Waals surface area (Å²) in [5.74, 6) is 1.42. The van der Waals surface area contributed by atoms with E-state index in [0.717, 1.165) is 12.5 Å². The van der Waals surface area contributed by atoms with Crippen molar-refractivity contribution in [3.8, 4) is 0 Å². The molecule has 1 aromatic carbocycles. The quantitative estimate of drug-likeness (QED) is 0.631. The first-order chi connectivity index (χ1) is 8.69. The molecule has 0 spiro atoms. The van der Waals surface area contributed by atoms with Crippen LogP contribution < -0.4 is 10.6 Å². The van der Waals surface area contributed by atoms with Gasteiger partial charge in [-0.2, -0.15) is 0 Å². The largest absolute Gasteiger partial charge is 0.356 e. The van der Waals surface area contributed by atoms with E-state index in [2.05, 4.69) is 53.7 Å². The Hall–Kier alpha value is -1.51. The number of hydrogen-bond donors (Lipinski definition) is 2. The molecule has 0 bridgehead atoms. The molecule has 0 heterocycles. The molecule has 1 unspecified atom stereocenters. The number of aliphatic imine (C=N–C) groups is 1. The molecule has 98 valence electrons. The highest BCUT2D eigenvalue weighted by Crippen LogP contribution is 2.18. The average Bonchev–Trinajstić information content (AvgIpc) is 3.18. The van der Waals surface area contributed by atoms with Crippen molar-refractivity contribution < 1.29 is 0 Å². The van der Waals surface area contributed by atoms with Crippen molar-refractivity contribution in [2.75, 3.05) is 13.6 Å². The van der Waals surface area contributed by atoms with Gasteiger partial charge in [-0.05, 0) is 31.2 Å². The molecule has 0 radical (unpaired) electrons. The summed E-state index contributed by atoms with van der Waals surface area (Å²) in [5, 5.41) is 6.79. The van der Waals surface area contributed by atoms with Gasteiger partial charge in [0, 0.05) is 19.6 Å². The zero-order valence-electron chi connectivity index (χ0n) is 11.5. The van der Waals surface area contributed by atoms with E-state index in [9.17, 15) is 0 Å². The molecule has 18 heavy (non-hydrogen) atoms. The first kappa shape index (κ1) is 12.9. The van der Waals surface area contributed by atoms with E-state index in [-0.39, 0.29) is 0 Å². The maximum absolute atomic E-state index is 4.24. The number of benzene rings is 1. The van der Waals surface area contributed by atoms with Gasteiger partial charge in [0.15, 0.2) is 5.96 Å². The minimum absolute atomic E-state index is 0.489. The van der Waals surface area contributed by atoms with Crippen molar-refractivity contribution in [1.82, 2.24) is 10.6 Å². The molecule has 1 fully saturated rings. The van der Waals surface area contributed by atoms with Gasteiger partial charge in [-0.1, -0.05) is 36.8 Å². The van der Waals surface area contributed by atoms with Gasteiger partial charge in [-0.3, -0.25) is 4.99 Å². The molecule has 1 saturated carbocycles. The zero-order valence-corrected chi connectivity index (χ0v) is 11.5. The summed E-state index contributed by atoms with van der Waals surface area (Å²) in [4.78, 5) is 4.24. The first-order valence-electron chi connectivity index (χ1n) is 6.73. The van der Waals surface area contributed by atoms with Crippen molar-refractivity contribution in [2.45, 2.75) is 38.6 Å². The molecule has 2 rings (SSSR count). The lowest BCUT2D eigenvalue weighted by Gasteiger charge is -2.16. The smallest absolute Gasteiger partial charge is 0.191 e. The molecule has 3 nitrogen and oxygen atoms in total. The Labute approximate surface area is 110 Å². The summed E-state index contributed by atoms with van der Waals surface area (Å²) < 4.78 is 0. The highest BCUT2D eigenvalue weighted by Gasteiger charge is 2.22. The predicted octanol–water partition coefficient (Wildman–Crippen LogP) is 2.43. The molecule has 0 aliphatic heterocycles. The van der Waals surface area contributed by atoms with Crippen molar-refractivity contribution in [2.24, 2.45) is 4.99 Å². The van der Waals surface area contributed by atoms with E-state index in [4.69, 9.17) is 0 Å². The zero-order chi connectivity index (χ0) is 13.0. The third-order valence-corrected chi connectivity index (χ3v) is 3.36. The molecule has 0 amide bonds. The van der Waals surface area contributed by atoms with Gasteiger partial charge >= 0.3 is 0 Å². The van der Waals surface area contributed by atoms with Crippen LogP contribution in [0.2, 0.25) is 0 Å². The Kier molecular flexibility index (Phi) is 4.24. The van der Waals surface area contributed by atoms with Gasteiger partial charge in [0.05, 0.1) is 0 Å². The SMILES string of the molecule is CN=C(NCC(C)c1ccc(C)cc1)NC1CC1. The number of nitrogens with one attached hydrogen (secondary N) is 2. The molecule has 2 N–H and O–H groups in total. The Morgan fingerprint density at radius 3 is 2.56 bits per heavy atom. The van der Waals surface area contributed by atoms with Crippen LogP contribution in [0.5, 0.6) is 0 Å². The van der Waals surface area contributed by atoms with E-state index < -0.39 is 0 Å². The second-order valence-corrected chi connectivity index (χ2v) is 5.18. The van der Waals surface area contributed by atoms with Crippen LogP contribution in [0, 0.1) is 6.92 Å². The van der Waals surface area contributed by atoms with Gasteiger partial charge in [0.25, 0.3) is 0 Å². The number of guanidine groups is 1. The lowest BCUT2D eigenvalue weighted by Crippen LogP contribution is -2.40. The van der Waals surface area contributed by atoms with Crippen LogP contribution in [-0.2, 0) is 0 Å². The van der Waals surface area contributed by atoms with E-state index in [1.165, 1.54) is 24.0 Å². The highest BCUT2D eigenvalue weighted by atomic mass is 15.2. The fourth-order valence-corrected chi connectivity index (χ4v) is 1.88. The summed E-state index contributed by atoms with van der Waals surface area (Å²) in [5.41, 5.74) is 2.68. The number of nitrogens with zero attached hydrogens (tertiary/aromatic N) is 1. The van der Waals surface area contributed by atoms with Gasteiger partial charge in [0.1, 0.15) is 0 Å². The van der Waals surface area contributed by atoms with Crippen LogP contribution in [0.3, 0.4) is 0 Å². The van der Waals surface area contributed by atoms with Crippen molar-refractivity contribution >= 4 is 5.96 Å². The highest BCUT2D eigenvalue weighted by molar-refractivity contribution is 5.80. The molecule has 0 aromatic heterocycles. The van der Waals surface area contributed by atoms with E-state index in [1.807, 2.05) is 7.05 Å². The Morgan fingerprint density at radius 1 is 1.33 bits per heavy atom. The lowest BCUT2D eigenvalue weighted by molar-refractivity contribution is 0.698. The molecule has 1 aliphatic carbocycles. The standard InChI is InChI=1S/C15H23N3/c1-11-4-6-13(7-5-11)12(2)10-17-15(16-3)18-14-8-9-14/h4-7,12,14H,8-10H2,1-3H3,(H2,16,17,18). The summed E-state index contributed by atoms with van der Waals surface area (Å²) >= 11 is 0. The molecular formula is C15H23N3. The van der Waals surface area contributed by atoms with E-state index in [1.54, 1.807) is 0 Å². The first-order valence-corrected chi connectivity index (χ1v) is 6.73. The van der Waals surface area contributed by atoms with E-state index in [0.29, 0.717) is 12.0 Å². The fraction of sp³-hybridized carbons (Fsp3) is 0.533. The third kappa shape index (κ3) is 3.76. The minimum atomic E-state index is 0.489. The van der Waals surface area contributed by atoms with Gasteiger partial charge in [-0.15, -0.1) is 0 Å². The number of aryl methyl sites for hydroxylation is 1. The number of hydrogen-bond acceptors (Lipinski definition) is 1. The van der Waals surface area contributed by atoms with Crippen LogP contribution in [0.25, 0.3) is 0 Å². The molecule has 3 heteroatoms. The summed E-state index contributed by atoms with van der Waals surface area (Å²) in [6.45, 7) is 5.27. The van der Waals surface area contributed by atoms with Crippen LogP contribution in [0.1, 0.15) is 36.8 Å².